The lowest BCUT2D eigenvalue weighted by Crippen LogP contribution is -2.25. The smallest absolute Gasteiger partial charge is 0.344 e. The van der Waals surface area contributed by atoms with Gasteiger partial charge < -0.3 is 25.1 Å². The number of carbonyl (C=O) groups is 2. The van der Waals surface area contributed by atoms with Gasteiger partial charge in [-0.1, -0.05) is 6.07 Å². The fourth-order valence-corrected chi connectivity index (χ4v) is 3.21. The lowest BCUT2D eigenvalue weighted by Gasteiger charge is -2.27. The summed E-state index contributed by atoms with van der Waals surface area (Å²) in [5.74, 6) is -2.04. The van der Waals surface area contributed by atoms with E-state index in [-0.39, 0.29) is 29.4 Å². The molecule has 1 aromatic carbocycles. The molecule has 0 amide bonds. The van der Waals surface area contributed by atoms with Crippen molar-refractivity contribution in [1.29, 1.82) is 5.26 Å². The van der Waals surface area contributed by atoms with Gasteiger partial charge in [0.25, 0.3) is 0 Å². The van der Waals surface area contributed by atoms with Gasteiger partial charge in [-0.25, -0.2) is 9.59 Å². The Labute approximate surface area is 170 Å². The molecule has 8 nitrogen and oxygen atoms in total. The molecule has 0 aromatic heterocycles. The molecule has 28 heavy (non-hydrogen) atoms. The van der Waals surface area contributed by atoms with Crippen molar-refractivity contribution in [2.75, 3.05) is 6.61 Å². The van der Waals surface area contributed by atoms with Gasteiger partial charge in [0.1, 0.15) is 23.2 Å². The molecule has 9 heteroatoms. The number of aliphatic carboxylic acids is 1. The number of carbonyl (C=O) groups excluding carboxylic acids is 1. The molecule has 0 bridgehead atoms. The highest BCUT2D eigenvalue weighted by Gasteiger charge is 2.36. The standard InChI is InChI=1S/C19H19BrN2O6/c1-4-26-19(25)15-9(2)28-17(22)12(8-21)16(15)11-5-6-14(13(20)7-11)27-10(3)18(23)24/h5-7,10,16H,4,22H2,1-3H3,(H,23,24). The van der Waals surface area contributed by atoms with E-state index in [1.54, 1.807) is 32.0 Å². The van der Waals surface area contributed by atoms with Crippen LogP contribution in [0.25, 0.3) is 0 Å². The van der Waals surface area contributed by atoms with Crippen LogP contribution in [0.1, 0.15) is 32.3 Å². The minimum absolute atomic E-state index is 0.0770. The van der Waals surface area contributed by atoms with E-state index in [1.807, 2.05) is 6.07 Å². The molecule has 3 N–H and O–H groups in total. The number of esters is 1. The number of allylic oxidation sites excluding steroid dienone is 2. The van der Waals surface area contributed by atoms with Gasteiger partial charge in [0, 0.05) is 0 Å². The van der Waals surface area contributed by atoms with Gasteiger partial charge in [-0.2, -0.15) is 5.26 Å². The van der Waals surface area contributed by atoms with Crippen LogP contribution in [0, 0.1) is 11.3 Å². The highest BCUT2D eigenvalue weighted by molar-refractivity contribution is 9.10. The first-order valence-corrected chi connectivity index (χ1v) is 9.14. The summed E-state index contributed by atoms with van der Waals surface area (Å²) in [5, 5.41) is 18.6. The summed E-state index contributed by atoms with van der Waals surface area (Å²) in [6.45, 7) is 4.81. The number of halogens is 1. The number of carboxylic acid groups (broad SMARTS) is 1. The van der Waals surface area contributed by atoms with Crippen molar-refractivity contribution < 1.29 is 28.9 Å². The molecule has 0 fully saturated rings. The van der Waals surface area contributed by atoms with Gasteiger partial charge in [0.15, 0.2) is 6.10 Å². The second-order valence-corrected chi connectivity index (χ2v) is 6.76. The van der Waals surface area contributed by atoms with Crippen LogP contribution in [0.2, 0.25) is 0 Å². The van der Waals surface area contributed by atoms with Crippen molar-refractivity contribution in [3.05, 3.63) is 51.0 Å². The van der Waals surface area contributed by atoms with Crippen LogP contribution < -0.4 is 10.5 Å². The number of hydrogen-bond acceptors (Lipinski definition) is 7. The highest BCUT2D eigenvalue weighted by atomic mass is 79.9. The summed E-state index contributed by atoms with van der Waals surface area (Å²) in [4.78, 5) is 23.5. The zero-order chi connectivity index (χ0) is 21.0. The summed E-state index contributed by atoms with van der Waals surface area (Å²) in [5.41, 5.74) is 6.67. The first-order valence-electron chi connectivity index (χ1n) is 8.35. The molecule has 2 atom stereocenters. The topological polar surface area (TPSA) is 132 Å². The third kappa shape index (κ3) is 4.28. The van der Waals surface area contributed by atoms with E-state index in [2.05, 4.69) is 15.9 Å². The van der Waals surface area contributed by atoms with Crippen LogP contribution in [-0.4, -0.2) is 29.8 Å². The Bertz CT molecular complexity index is 915. The Kier molecular flexibility index (Phi) is 6.70. The van der Waals surface area contributed by atoms with E-state index in [0.29, 0.717) is 15.8 Å². The molecule has 1 aromatic rings. The minimum Gasteiger partial charge on any atom is -0.479 e. The highest BCUT2D eigenvalue weighted by Crippen LogP contribution is 2.41. The van der Waals surface area contributed by atoms with Crippen molar-refractivity contribution in [2.24, 2.45) is 5.73 Å². The van der Waals surface area contributed by atoms with Gasteiger partial charge >= 0.3 is 11.9 Å². The van der Waals surface area contributed by atoms with E-state index in [1.165, 1.54) is 6.92 Å². The number of carboxylic acids is 1. The zero-order valence-corrected chi connectivity index (χ0v) is 17.1. The molecule has 1 heterocycles. The Balaban J connectivity index is 2.52. The minimum atomic E-state index is -1.11. The summed E-state index contributed by atoms with van der Waals surface area (Å²) in [6.07, 6.45) is -1.05. The van der Waals surface area contributed by atoms with E-state index >= 15 is 0 Å². The molecule has 1 aliphatic heterocycles. The Morgan fingerprint density at radius 2 is 2.14 bits per heavy atom. The number of nitrogens with two attached hydrogens (primary N) is 1. The second kappa shape index (κ2) is 8.80. The number of benzene rings is 1. The molecule has 2 unspecified atom stereocenters. The fraction of sp³-hybridized carbons (Fsp3) is 0.316. The Morgan fingerprint density at radius 3 is 2.68 bits per heavy atom. The van der Waals surface area contributed by atoms with Crippen molar-refractivity contribution in [3.63, 3.8) is 0 Å². The molecule has 148 valence electrons. The third-order valence-corrected chi connectivity index (χ3v) is 4.66. The third-order valence-electron chi connectivity index (χ3n) is 4.04. The van der Waals surface area contributed by atoms with Crippen LogP contribution in [0.3, 0.4) is 0 Å². The molecule has 0 saturated carbocycles. The van der Waals surface area contributed by atoms with Crippen LogP contribution in [0.5, 0.6) is 5.75 Å². The normalized spacial score (nSPS) is 17.5. The molecule has 0 aliphatic carbocycles. The van der Waals surface area contributed by atoms with Crippen molar-refractivity contribution >= 4 is 27.9 Å². The van der Waals surface area contributed by atoms with E-state index in [9.17, 15) is 14.9 Å². The molecular weight excluding hydrogens is 432 g/mol. The van der Waals surface area contributed by atoms with E-state index in [0.717, 1.165) is 0 Å². The van der Waals surface area contributed by atoms with Gasteiger partial charge in [-0.05, 0) is 54.4 Å². The SMILES string of the molecule is CCOC(=O)C1=C(C)OC(N)=C(C#N)C1c1ccc(OC(C)C(=O)O)c(Br)c1. The molecule has 0 saturated heterocycles. The molecule has 0 radical (unpaired) electrons. The van der Waals surface area contributed by atoms with Crippen LogP contribution >= 0.6 is 15.9 Å². The van der Waals surface area contributed by atoms with E-state index in [4.69, 9.17) is 25.1 Å². The number of nitriles is 1. The van der Waals surface area contributed by atoms with Crippen molar-refractivity contribution in [3.8, 4) is 11.8 Å². The van der Waals surface area contributed by atoms with E-state index < -0.39 is 24.0 Å². The number of hydrogen-bond donors (Lipinski definition) is 2. The zero-order valence-electron chi connectivity index (χ0n) is 15.5. The quantitative estimate of drug-likeness (QED) is 0.631. The fourth-order valence-electron chi connectivity index (χ4n) is 2.72. The Morgan fingerprint density at radius 1 is 1.46 bits per heavy atom. The van der Waals surface area contributed by atoms with Crippen LogP contribution in [0.4, 0.5) is 0 Å². The number of ether oxygens (including phenoxy) is 3. The maximum atomic E-state index is 12.5. The predicted octanol–water partition coefficient (Wildman–Crippen LogP) is 2.95. The van der Waals surface area contributed by atoms with Crippen molar-refractivity contribution in [1.82, 2.24) is 0 Å². The summed E-state index contributed by atoms with van der Waals surface area (Å²) in [7, 11) is 0. The van der Waals surface area contributed by atoms with Gasteiger partial charge in [0.05, 0.1) is 22.6 Å². The van der Waals surface area contributed by atoms with Crippen LogP contribution in [0.15, 0.2) is 45.5 Å². The first kappa shape index (κ1) is 21.3. The predicted molar refractivity (Wildman–Crippen MR) is 102 cm³/mol. The average Bonchev–Trinajstić information content (AvgIpc) is 2.62. The monoisotopic (exact) mass is 450 g/mol. The molecular formula is C19H19BrN2O6. The van der Waals surface area contributed by atoms with Crippen LogP contribution in [-0.2, 0) is 19.1 Å². The summed E-state index contributed by atoms with van der Waals surface area (Å²) < 4.78 is 16.3. The summed E-state index contributed by atoms with van der Waals surface area (Å²) in [6, 6.07) is 6.81. The van der Waals surface area contributed by atoms with Gasteiger partial charge in [-0.3, -0.25) is 0 Å². The maximum Gasteiger partial charge on any atom is 0.344 e. The summed E-state index contributed by atoms with van der Waals surface area (Å²) >= 11 is 3.34. The lowest BCUT2D eigenvalue weighted by atomic mass is 9.83. The average molecular weight is 451 g/mol. The van der Waals surface area contributed by atoms with Gasteiger partial charge in [-0.15, -0.1) is 0 Å². The number of rotatable bonds is 6. The Hall–Kier alpha value is -2.99. The molecule has 1 aliphatic rings. The maximum absolute atomic E-state index is 12.5. The largest absolute Gasteiger partial charge is 0.479 e. The first-order chi connectivity index (χ1) is 13.2. The number of nitrogens with zero attached hydrogens (tertiary/aromatic N) is 1. The molecule has 2 rings (SSSR count). The van der Waals surface area contributed by atoms with Crippen molar-refractivity contribution in [2.45, 2.75) is 32.8 Å². The lowest BCUT2D eigenvalue weighted by molar-refractivity contribution is -0.144. The molecule has 0 spiro atoms. The van der Waals surface area contributed by atoms with Gasteiger partial charge in [0.2, 0.25) is 5.88 Å². The second-order valence-electron chi connectivity index (χ2n) is 5.90.